The lowest BCUT2D eigenvalue weighted by molar-refractivity contribution is -0.143. The normalized spacial score (nSPS) is 15.6. The number of ketones is 1. The van der Waals surface area contributed by atoms with E-state index in [0.717, 1.165) is 24.0 Å². The van der Waals surface area contributed by atoms with Crippen LogP contribution >= 0.6 is 0 Å². The second-order valence-corrected chi connectivity index (χ2v) is 5.69. The topological polar surface area (TPSA) is 55.4 Å². The van der Waals surface area contributed by atoms with E-state index in [-0.39, 0.29) is 18.2 Å². The molecule has 1 N–H and O–H groups in total. The van der Waals surface area contributed by atoms with E-state index >= 15 is 0 Å². The lowest BCUT2D eigenvalue weighted by Gasteiger charge is -2.18. The Hall–Kier alpha value is -1.68. The summed E-state index contributed by atoms with van der Waals surface area (Å²) < 4.78 is 4.98. The Balaban J connectivity index is 2.14. The molecule has 0 spiro atoms. The van der Waals surface area contributed by atoms with Crippen molar-refractivity contribution in [2.24, 2.45) is 0 Å². The average molecular weight is 289 g/mol. The molecule has 1 fully saturated rings. The van der Waals surface area contributed by atoms with Gasteiger partial charge in [0.15, 0.2) is 5.78 Å². The highest BCUT2D eigenvalue weighted by atomic mass is 16.5. The van der Waals surface area contributed by atoms with Crippen LogP contribution in [-0.4, -0.2) is 30.4 Å². The van der Waals surface area contributed by atoms with Gasteiger partial charge in [0, 0.05) is 11.6 Å². The number of nitrogens with one attached hydrogen (secondary N) is 1. The van der Waals surface area contributed by atoms with Crippen molar-refractivity contribution in [1.29, 1.82) is 0 Å². The molecule has 0 aromatic heterocycles. The molecule has 21 heavy (non-hydrogen) atoms. The monoisotopic (exact) mass is 289 g/mol. The van der Waals surface area contributed by atoms with Crippen molar-refractivity contribution in [3.05, 3.63) is 34.9 Å². The molecule has 4 heteroatoms. The summed E-state index contributed by atoms with van der Waals surface area (Å²) in [5, 5.41) is 3.27. The molecule has 2 rings (SSSR count). The van der Waals surface area contributed by atoms with Crippen LogP contribution in [0.25, 0.3) is 0 Å². The Morgan fingerprint density at radius 1 is 1.33 bits per heavy atom. The van der Waals surface area contributed by atoms with E-state index < -0.39 is 6.04 Å². The maximum atomic E-state index is 12.7. The van der Waals surface area contributed by atoms with Gasteiger partial charge in [-0.05, 0) is 39.2 Å². The van der Waals surface area contributed by atoms with E-state index in [1.54, 1.807) is 6.92 Å². The quantitative estimate of drug-likeness (QED) is 0.619. The fourth-order valence-corrected chi connectivity index (χ4v) is 2.43. The molecule has 1 aromatic rings. The summed E-state index contributed by atoms with van der Waals surface area (Å²) in [6.45, 7) is 6.04. The molecule has 1 aliphatic rings. The highest BCUT2D eigenvalue weighted by Gasteiger charge is 2.31. The minimum absolute atomic E-state index is 0.0209. The molecule has 0 bridgehead atoms. The smallest absolute Gasteiger partial charge is 0.307 e. The van der Waals surface area contributed by atoms with Crippen LogP contribution in [0.15, 0.2) is 18.2 Å². The first-order chi connectivity index (χ1) is 10.0. The van der Waals surface area contributed by atoms with Crippen LogP contribution < -0.4 is 5.32 Å². The van der Waals surface area contributed by atoms with Crippen molar-refractivity contribution in [3.8, 4) is 0 Å². The van der Waals surface area contributed by atoms with Crippen molar-refractivity contribution >= 4 is 11.8 Å². The van der Waals surface area contributed by atoms with Gasteiger partial charge in [-0.15, -0.1) is 0 Å². The fraction of sp³-hybridized carbons (Fsp3) is 0.529. The van der Waals surface area contributed by atoms with E-state index in [4.69, 9.17) is 4.74 Å². The van der Waals surface area contributed by atoms with Gasteiger partial charge in [-0.3, -0.25) is 9.59 Å². The number of ether oxygens (including phenoxy) is 1. The standard InChI is InChI=1S/C17H23NO3/c1-4-21-16(19)10-15(18-13-6-7-13)17(20)14-8-5-11(2)9-12(14)3/h5,8-9,13,15,18H,4,6-7,10H2,1-3H3. The summed E-state index contributed by atoms with van der Waals surface area (Å²) in [5.41, 5.74) is 2.76. The van der Waals surface area contributed by atoms with Crippen LogP contribution in [0, 0.1) is 13.8 Å². The number of hydrogen-bond donors (Lipinski definition) is 1. The van der Waals surface area contributed by atoms with Crippen LogP contribution in [0.1, 0.15) is 47.7 Å². The first-order valence-corrected chi connectivity index (χ1v) is 7.54. The molecule has 1 saturated carbocycles. The molecule has 4 nitrogen and oxygen atoms in total. The molecule has 1 unspecified atom stereocenters. The van der Waals surface area contributed by atoms with Gasteiger partial charge in [0.05, 0.1) is 19.1 Å². The summed E-state index contributed by atoms with van der Waals surface area (Å²) >= 11 is 0. The maximum Gasteiger partial charge on any atom is 0.307 e. The number of rotatable bonds is 7. The van der Waals surface area contributed by atoms with Crippen LogP contribution in [0.5, 0.6) is 0 Å². The zero-order chi connectivity index (χ0) is 15.4. The molecule has 1 atom stereocenters. The molecule has 0 saturated heterocycles. The highest BCUT2D eigenvalue weighted by Crippen LogP contribution is 2.22. The van der Waals surface area contributed by atoms with Crippen molar-refractivity contribution in [3.63, 3.8) is 0 Å². The van der Waals surface area contributed by atoms with Gasteiger partial charge in [0.1, 0.15) is 0 Å². The Labute approximate surface area is 125 Å². The van der Waals surface area contributed by atoms with Gasteiger partial charge in [0.25, 0.3) is 0 Å². The fourth-order valence-electron chi connectivity index (χ4n) is 2.43. The largest absolute Gasteiger partial charge is 0.466 e. The van der Waals surface area contributed by atoms with Gasteiger partial charge in [0.2, 0.25) is 0 Å². The summed E-state index contributed by atoms with van der Waals surface area (Å²) in [5.74, 6) is -0.346. The van der Waals surface area contributed by atoms with Crippen molar-refractivity contribution in [1.82, 2.24) is 5.32 Å². The Morgan fingerprint density at radius 2 is 2.05 bits per heavy atom. The minimum Gasteiger partial charge on any atom is -0.466 e. The second kappa shape index (κ2) is 6.85. The van der Waals surface area contributed by atoms with Crippen LogP contribution in [0.2, 0.25) is 0 Å². The third-order valence-electron chi connectivity index (χ3n) is 3.65. The zero-order valence-corrected chi connectivity index (χ0v) is 12.9. The molecule has 0 aliphatic heterocycles. The van der Waals surface area contributed by atoms with E-state index in [1.165, 1.54) is 0 Å². The third-order valence-corrected chi connectivity index (χ3v) is 3.65. The highest BCUT2D eigenvalue weighted by molar-refractivity contribution is 6.03. The molecule has 0 heterocycles. The van der Waals surface area contributed by atoms with E-state index in [2.05, 4.69) is 5.32 Å². The number of aryl methyl sites for hydroxylation is 2. The molecule has 0 radical (unpaired) electrons. The number of carbonyl (C=O) groups excluding carboxylic acids is 2. The lowest BCUT2D eigenvalue weighted by atomic mass is 9.96. The number of carbonyl (C=O) groups is 2. The average Bonchev–Trinajstić information content (AvgIpc) is 3.21. The summed E-state index contributed by atoms with van der Waals surface area (Å²) in [4.78, 5) is 24.4. The van der Waals surface area contributed by atoms with Crippen molar-refractivity contribution in [2.45, 2.75) is 52.1 Å². The zero-order valence-electron chi connectivity index (χ0n) is 12.9. The van der Waals surface area contributed by atoms with E-state index in [9.17, 15) is 9.59 Å². The van der Waals surface area contributed by atoms with Crippen molar-refractivity contribution in [2.75, 3.05) is 6.61 Å². The first kappa shape index (κ1) is 15.7. The van der Waals surface area contributed by atoms with Crippen LogP contribution in [-0.2, 0) is 9.53 Å². The van der Waals surface area contributed by atoms with E-state index in [0.29, 0.717) is 18.2 Å². The van der Waals surface area contributed by atoms with Crippen LogP contribution in [0.3, 0.4) is 0 Å². The van der Waals surface area contributed by atoms with Crippen molar-refractivity contribution < 1.29 is 14.3 Å². The number of hydrogen-bond acceptors (Lipinski definition) is 4. The molecule has 0 amide bonds. The predicted molar refractivity (Wildman–Crippen MR) is 81.4 cm³/mol. The number of benzene rings is 1. The van der Waals surface area contributed by atoms with Gasteiger partial charge < -0.3 is 10.1 Å². The van der Waals surface area contributed by atoms with Gasteiger partial charge in [-0.25, -0.2) is 0 Å². The number of Topliss-reactive ketones (excluding diaryl/α,β-unsaturated/α-hetero) is 1. The van der Waals surface area contributed by atoms with Gasteiger partial charge in [-0.2, -0.15) is 0 Å². The Morgan fingerprint density at radius 3 is 2.62 bits per heavy atom. The number of esters is 1. The van der Waals surface area contributed by atoms with Gasteiger partial charge in [-0.1, -0.05) is 23.8 Å². The Bertz CT molecular complexity index is 535. The summed E-state index contributed by atoms with van der Waals surface area (Å²) in [6, 6.07) is 5.64. The van der Waals surface area contributed by atoms with Crippen LogP contribution in [0.4, 0.5) is 0 Å². The molecule has 1 aliphatic carbocycles. The third kappa shape index (κ3) is 4.39. The van der Waals surface area contributed by atoms with E-state index in [1.807, 2.05) is 32.0 Å². The SMILES string of the molecule is CCOC(=O)CC(NC1CC1)C(=O)c1ccc(C)cc1C. The predicted octanol–water partition coefficient (Wildman–Crippen LogP) is 2.56. The molecular weight excluding hydrogens is 266 g/mol. The lowest BCUT2D eigenvalue weighted by Crippen LogP contribution is -2.40. The van der Waals surface area contributed by atoms with Gasteiger partial charge >= 0.3 is 5.97 Å². The molecule has 114 valence electrons. The minimum atomic E-state index is -0.488. The maximum absolute atomic E-state index is 12.7. The first-order valence-electron chi connectivity index (χ1n) is 7.54. The Kier molecular flexibility index (Phi) is 5.12. The summed E-state index contributed by atoms with van der Waals surface area (Å²) in [7, 11) is 0. The molecule has 1 aromatic carbocycles. The summed E-state index contributed by atoms with van der Waals surface area (Å²) in [6.07, 6.45) is 2.23. The second-order valence-electron chi connectivity index (χ2n) is 5.69. The molecular formula is C17H23NO3.